The normalized spacial score (nSPS) is 12.7. The SMILES string of the molecule is CCCCCCCCCCCCCCCCCCC/C=C/C(O)C(CO)NC(=O)CCCCCCCCCCCCCCCCCCCCCCCCCCCCCCCCCCCCCCCCC. The molecule has 4 nitrogen and oxygen atoms in total. The molecular weight excluding hydrogens is 855 g/mol. The van der Waals surface area contributed by atoms with Crippen LogP contribution < -0.4 is 5.32 Å². The number of aliphatic hydroxyl groups excluding tert-OH is 2. The largest absolute Gasteiger partial charge is 0.394 e. The van der Waals surface area contributed by atoms with Gasteiger partial charge in [-0.1, -0.05) is 373 Å². The van der Waals surface area contributed by atoms with E-state index in [0.717, 1.165) is 25.7 Å². The minimum absolute atomic E-state index is 0.0544. The number of carbonyl (C=O) groups is 1. The molecule has 2 atom stereocenters. The van der Waals surface area contributed by atoms with Crippen LogP contribution in [-0.4, -0.2) is 34.9 Å². The van der Waals surface area contributed by atoms with E-state index >= 15 is 0 Å². The second-order valence-electron chi connectivity index (χ2n) is 22.9. The summed E-state index contributed by atoms with van der Waals surface area (Å²) >= 11 is 0. The Morgan fingerprint density at radius 2 is 0.529 bits per heavy atom. The lowest BCUT2D eigenvalue weighted by atomic mass is 10.0. The number of allylic oxidation sites excluding steroid dienone is 1. The van der Waals surface area contributed by atoms with E-state index < -0.39 is 12.1 Å². The number of hydrogen-bond donors (Lipinski definition) is 3. The summed E-state index contributed by atoms with van der Waals surface area (Å²) in [5, 5.41) is 23.2. The van der Waals surface area contributed by atoms with Crippen molar-refractivity contribution in [2.24, 2.45) is 0 Å². The van der Waals surface area contributed by atoms with Crippen molar-refractivity contribution in [2.75, 3.05) is 6.61 Å². The third kappa shape index (κ3) is 58.0. The lowest BCUT2D eigenvalue weighted by Crippen LogP contribution is -2.45. The summed E-state index contributed by atoms with van der Waals surface area (Å²) < 4.78 is 0. The average molecular weight is 987 g/mol. The fourth-order valence-corrected chi connectivity index (χ4v) is 10.8. The van der Waals surface area contributed by atoms with Gasteiger partial charge in [0.15, 0.2) is 0 Å². The highest BCUT2D eigenvalue weighted by Gasteiger charge is 2.18. The van der Waals surface area contributed by atoms with Crippen molar-refractivity contribution in [3.8, 4) is 0 Å². The summed E-state index contributed by atoms with van der Waals surface area (Å²) in [5.74, 6) is -0.0544. The number of amides is 1. The van der Waals surface area contributed by atoms with Crippen molar-refractivity contribution >= 4 is 5.91 Å². The van der Waals surface area contributed by atoms with Crippen LogP contribution in [0.5, 0.6) is 0 Å². The predicted molar refractivity (Wildman–Crippen MR) is 313 cm³/mol. The number of rotatable bonds is 62. The molecule has 418 valence electrons. The lowest BCUT2D eigenvalue weighted by molar-refractivity contribution is -0.123. The molecule has 0 bridgehead atoms. The first kappa shape index (κ1) is 69.1. The van der Waals surface area contributed by atoms with E-state index in [4.69, 9.17) is 0 Å². The van der Waals surface area contributed by atoms with E-state index in [2.05, 4.69) is 19.2 Å². The molecule has 3 N–H and O–H groups in total. The summed E-state index contributed by atoms with van der Waals surface area (Å²) in [7, 11) is 0. The third-order valence-electron chi connectivity index (χ3n) is 15.8. The fraction of sp³-hybridized carbons (Fsp3) is 0.955. The average Bonchev–Trinajstić information content (AvgIpc) is 3.36. The Labute approximate surface area is 441 Å². The van der Waals surface area contributed by atoms with Crippen molar-refractivity contribution in [3.63, 3.8) is 0 Å². The van der Waals surface area contributed by atoms with Gasteiger partial charge >= 0.3 is 0 Å². The van der Waals surface area contributed by atoms with Crippen LogP contribution in [0.1, 0.15) is 386 Å². The highest BCUT2D eigenvalue weighted by molar-refractivity contribution is 5.76. The van der Waals surface area contributed by atoms with Crippen LogP contribution in [0.25, 0.3) is 0 Å². The Bertz CT molecular complexity index is 982. The highest BCUT2D eigenvalue weighted by Crippen LogP contribution is 2.19. The van der Waals surface area contributed by atoms with Crippen LogP contribution >= 0.6 is 0 Å². The molecule has 0 aromatic heterocycles. The summed E-state index contributed by atoms with van der Waals surface area (Å²) in [4.78, 5) is 12.5. The molecule has 0 aliphatic carbocycles. The van der Waals surface area contributed by atoms with Crippen molar-refractivity contribution in [3.05, 3.63) is 12.2 Å². The monoisotopic (exact) mass is 986 g/mol. The Morgan fingerprint density at radius 3 is 0.743 bits per heavy atom. The number of carbonyl (C=O) groups excluding carboxylic acids is 1. The Kier molecular flexibility index (Phi) is 61.6. The number of hydrogen-bond acceptors (Lipinski definition) is 3. The first-order chi connectivity index (χ1) is 34.7. The Morgan fingerprint density at radius 1 is 0.329 bits per heavy atom. The van der Waals surface area contributed by atoms with Crippen LogP contribution in [0.4, 0.5) is 0 Å². The number of aliphatic hydroxyl groups is 2. The maximum atomic E-state index is 12.5. The van der Waals surface area contributed by atoms with Gasteiger partial charge in [-0.3, -0.25) is 4.79 Å². The van der Waals surface area contributed by atoms with Crippen LogP contribution in [0.15, 0.2) is 12.2 Å². The van der Waals surface area contributed by atoms with E-state index in [1.165, 1.54) is 340 Å². The minimum atomic E-state index is -0.836. The van der Waals surface area contributed by atoms with E-state index in [9.17, 15) is 15.0 Å². The molecule has 0 aromatic rings. The molecule has 0 heterocycles. The maximum absolute atomic E-state index is 12.5. The van der Waals surface area contributed by atoms with E-state index in [0.29, 0.717) is 6.42 Å². The molecule has 1 amide bonds. The summed E-state index contributed by atoms with van der Waals surface area (Å²) in [5.41, 5.74) is 0. The molecule has 70 heavy (non-hydrogen) atoms. The molecule has 0 radical (unpaired) electrons. The molecule has 0 spiro atoms. The number of nitrogens with one attached hydrogen (secondary N) is 1. The van der Waals surface area contributed by atoms with Crippen molar-refractivity contribution in [2.45, 2.75) is 398 Å². The second kappa shape index (κ2) is 62.4. The van der Waals surface area contributed by atoms with Gasteiger partial charge in [0.1, 0.15) is 0 Å². The van der Waals surface area contributed by atoms with E-state index in [-0.39, 0.29) is 12.5 Å². The molecule has 0 fully saturated rings. The smallest absolute Gasteiger partial charge is 0.220 e. The van der Waals surface area contributed by atoms with Gasteiger partial charge in [-0.25, -0.2) is 0 Å². The molecule has 0 aliphatic heterocycles. The molecule has 0 rings (SSSR count). The Balaban J connectivity index is 3.36. The highest BCUT2D eigenvalue weighted by atomic mass is 16.3. The molecule has 0 saturated carbocycles. The van der Waals surface area contributed by atoms with Gasteiger partial charge in [-0.15, -0.1) is 0 Å². The minimum Gasteiger partial charge on any atom is -0.394 e. The molecular formula is C66H131NO3. The topological polar surface area (TPSA) is 69.6 Å². The van der Waals surface area contributed by atoms with Gasteiger partial charge in [-0.2, -0.15) is 0 Å². The molecule has 0 aliphatic rings. The zero-order chi connectivity index (χ0) is 50.6. The summed E-state index contributed by atoms with van der Waals surface area (Å²) in [6, 6.07) is -0.619. The fourth-order valence-electron chi connectivity index (χ4n) is 10.8. The Hall–Kier alpha value is -0.870. The van der Waals surface area contributed by atoms with Crippen LogP contribution in [0, 0.1) is 0 Å². The van der Waals surface area contributed by atoms with Gasteiger partial charge < -0.3 is 15.5 Å². The van der Waals surface area contributed by atoms with Crippen molar-refractivity contribution in [1.29, 1.82) is 0 Å². The van der Waals surface area contributed by atoms with Gasteiger partial charge in [0.25, 0.3) is 0 Å². The zero-order valence-electron chi connectivity index (χ0n) is 48.3. The summed E-state index contributed by atoms with van der Waals surface area (Å²) in [6.07, 6.45) is 82.9. The first-order valence-electron chi connectivity index (χ1n) is 32.9. The second-order valence-corrected chi connectivity index (χ2v) is 22.9. The van der Waals surface area contributed by atoms with Crippen LogP contribution in [-0.2, 0) is 4.79 Å². The number of unbranched alkanes of at least 4 members (excludes halogenated alkanes) is 55. The molecule has 0 saturated heterocycles. The lowest BCUT2D eigenvalue weighted by Gasteiger charge is -2.20. The molecule has 2 unspecified atom stereocenters. The van der Waals surface area contributed by atoms with E-state index in [1.807, 2.05) is 6.08 Å². The van der Waals surface area contributed by atoms with Crippen molar-refractivity contribution in [1.82, 2.24) is 5.32 Å². The first-order valence-corrected chi connectivity index (χ1v) is 32.9. The van der Waals surface area contributed by atoms with Gasteiger partial charge in [-0.05, 0) is 19.3 Å². The van der Waals surface area contributed by atoms with Gasteiger partial charge in [0.05, 0.1) is 18.8 Å². The van der Waals surface area contributed by atoms with Crippen LogP contribution in [0.3, 0.4) is 0 Å². The maximum Gasteiger partial charge on any atom is 0.220 e. The zero-order valence-corrected chi connectivity index (χ0v) is 48.3. The van der Waals surface area contributed by atoms with Gasteiger partial charge in [0, 0.05) is 6.42 Å². The summed E-state index contributed by atoms with van der Waals surface area (Å²) in [6.45, 7) is 4.36. The van der Waals surface area contributed by atoms with E-state index in [1.54, 1.807) is 6.08 Å². The quantitative estimate of drug-likeness (QED) is 0.0420. The van der Waals surface area contributed by atoms with Gasteiger partial charge in [0.2, 0.25) is 5.91 Å². The molecule has 0 aromatic carbocycles. The van der Waals surface area contributed by atoms with Crippen LogP contribution in [0.2, 0.25) is 0 Å². The standard InChI is InChI=1S/C66H131NO3/c1-3-5-7-9-11-13-15-17-19-21-23-24-25-26-27-28-29-30-31-32-33-34-35-36-37-38-39-40-41-42-44-46-48-50-52-54-56-58-60-62-66(70)67-64(63-68)65(69)61-59-57-55-53-51-49-47-45-43-22-20-18-16-14-12-10-8-6-4-2/h59,61,64-65,68-69H,3-58,60,62-63H2,1-2H3,(H,67,70)/b61-59+. The predicted octanol–water partition coefficient (Wildman–Crippen LogP) is 22.0. The third-order valence-corrected chi connectivity index (χ3v) is 15.8. The molecule has 4 heteroatoms. The van der Waals surface area contributed by atoms with Crippen molar-refractivity contribution < 1.29 is 15.0 Å².